The molecule has 1 aliphatic heterocycles. The van der Waals surface area contributed by atoms with Crippen LogP contribution >= 0.6 is 46.7 Å². The fraction of sp³-hybridized carbons (Fsp3) is 0.278. The first kappa shape index (κ1) is 18.7. The predicted molar refractivity (Wildman–Crippen MR) is 108 cm³/mol. The minimum Gasteiger partial charge on any atom is -0.271 e. The summed E-state index contributed by atoms with van der Waals surface area (Å²) in [7, 11) is 0. The number of halogens is 2. The third-order valence-electron chi connectivity index (χ3n) is 3.09. The molecule has 0 amide bonds. The van der Waals surface area contributed by atoms with Crippen LogP contribution in [0.2, 0.25) is 10.0 Å². The Kier molecular flexibility index (Phi) is 7.84. The van der Waals surface area contributed by atoms with E-state index in [1.165, 1.54) is 14.8 Å². The first-order valence-corrected chi connectivity index (χ1v) is 10.1. The SMILES string of the molecule is CC.Clc1ccc(Cl)c(Cc2ccc(SC3=NCCS3)cc2)c1. The zero-order valence-corrected chi connectivity index (χ0v) is 16.3. The van der Waals surface area contributed by atoms with Crippen LogP contribution in [0.15, 0.2) is 52.4 Å². The molecule has 5 heteroatoms. The van der Waals surface area contributed by atoms with E-state index in [1.54, 1.807) is 11.8 Å². The van der Waals surface area contributed by atoms with Crippen molar-refractivity contribution in [1.82, 2.24) is 0 Å². The van der Waals surface area contributed by atoms with E-state index in [1.807, 2.05) is 43.8 Å². The van der Waals surface area contributed by atoms with Crippen LogP contribution in [0, 0.1) is 0 Å². The monoisotopic (exact) mass is 383 g/mol. The van der Waals surface area contributed by atoms with Crippen molar-refractivity contribution in [2.24, 2.45) is 4.99 Å². The van der Waals surface area contributed by atoms with Crippen LogP contribution in [0.1, 0.15) is 25.0 Å². The highest BCUT2D eigenvalue weighted by molar-refractivity contribution is 8.39. The van der Waals surface area contributed by atoms with Crippen LogP contribution in [0.4, 0.5) is 0 Å². The molecule has 3 rings (SSSR count). The topological polar surface area (TPSA) is 12.4 Å². The molecule has 0 N–H and O–H groups in total. The predicted octanol–water partition coefficient (Wildman–Crippen LogP) is 6.81. The molecule has 1 nitrogen and oxygen atoms in total. The largest absolute Gasteiger partial charge is 0.271 e. The van der Waals surface area contributed by atoms with Crippen molar-refractivity contribution < 1.29 is 0 Å². The molecular weight excluding hydrogens is 365 g/mol. The van der Waals surface area contributed by atoms with Gasteiger partial charge in [0.25, 0.3) is 0 Å². The number of hydrogen-bond donors (Lipinski definition) is 0. The lowest BCUT2D eigenvalue weighted by molar-refractivity contribution is 1.18. The minimum absolute atomic E-state index is 0.720. The summed E-state index contributed by atoms with van der Waals surface area (Å²) in [6.45, 7) is 4.94. The van der Waals surface area contributed by atoms with Gasteiger partial charge in [0.15, 0.2) is 0 Å². The highest BCUT2D eigenvalue weighted by Crippen LogP contribution is 2.30. The van der Waals surface area contributed by atoms with Gasteiger partial charge in [-0.2, -0.15) is 0 Å². The lowest BCUT2D eigenvalue weighted by atomic mass is 10.1. The van der Waals surface area contributed by atoms with Crippen LogP contribution in [0.5, 0.6) is 0 Å². The molecule has 1 aliphatic rings. The van der Waals surface area contributed by atoms with E-state index in [9.17, 15) is 0 Å². The van der Waals surface area contributed by atoms with Gasteiger partial charge < -0.3 is 0 Å². The molecule has 122 valence electrons. The lowest BCUT2D eigenvalue weighted by Crippen LogP contribution is -1.90. The maximum atomic E-state index is 6.21. The Labute approximate surface area is 156 Å². The third kappa shape index (κ3) is 5.75. The van der Waals surface area contributed by atoms with E-state index in [0.29, 0.717) is 0 Å². The van der Waals surface area contributed by atoms with E-state index >= 15 is 0 Å². The molecule has 0 atom stereocenters. The van der Waals surface area contributed by atoms with Gasteiger partial charge in [-0.05, 0) is 47.9 Å². The second-order valence-corrected chi connectivity index (χ2v) is 7.90. The fourth-order valence-electron chi connectivity index (χ4n) is 2.05. The molecule has 2 aromatic rings. The van der Waals surface area contributed by atoms with Crippen LogP contribution in [0.3, 0.4) is 0 Å². The molecule has 1 heterocycles. The number of nitrogens with zero attached hydrogens (tertiary/aromatic N) is 1. The van der Waals surface area contributed by atoms with Gasteiger partial charge in [-0.3, -0.25) is 4.99 Å². The molecule has 2 aromatic carbocycles. The van der Waals surface area contributed by atoms with Crippen LogP contribution < -0.4 is 0 Å². The molecule has 23 heavy (non-hydrogen) atoms. The fourth-order valence-corrected chi connectivity index (χ4v) is 4.37. The van der Waals surface area contributed by atoms with Crippen molar-refractivity contribution in [1.29, 1.82) is 0 Å². The Morgan fingerprint density at radius 2 is 1.83 bits per heavy atom. The second-order valence-electron chi connectivity index (χ2n) is 4.65. The quantitative estimate of drug-likeness (QED) is 0.577. The molecular formula is C18H19Cl2NS2. The van der Waals surface area contributed by atoms with Gasteiger partial charge in [-0.15, -0.1) is 0 Å². The van der Waals surface area contributed by atoms with E-state index < -0.39 is 0 Å². The molecule has 0 radical (unpaired) electrons. The average molecular weight is 384 g/mol. The summed E-state index contributed by atoms with van der Waals surface area (Å²) in [5.41, 5.74) is 2.28. The van der Waals surface area contributed by atoms with Crippen molar-refractivity contribution >= 4 is 51.1 Å². The summed E-state index contributed by atoms with van der Waals surface area (Å²) < 4.78 is 1.17. The Bertz CT molecular complexity index is 669. The molecule has 0 unspecified atom stereocenters. The molecule has 0 bridgehead atoms. The van der Waals surface area contributed by atoms with Gasteiger partial charge in [0.05, 0.1) is 6.54 Å². The third-order valence-corrected chi connectivity index (χ3v) is 5.87. The molecule has 0 aliphatic carbocycles. The average Bonchev–Trinajstić information content (AvgIpc) is 3.08. The zero-order valence-electron chi connectivity index (χ0n) is 13.2. The van der Waals surface area contributed by atoms with Crippen molar-refractivity contribution in [3.05, 3.63) is 63.6 Å². The van der Waals surface area contributed by atoms with Gasteiger partial charge in [0.1, 0.15) is 4.38 Å². The number of benzene rings is 2. The van der Waals surface area contributed by atoms with Crippen molar-refractivity contribution in [3.8, 4) is 0 Å². The zero-order chi connectivity index (χ0) is 16.7. The number of hydrogen-bond acceptors (Lipinski definition) is 3. The molecule has 0 spiro atoms. The standard InChI is InChI=1S/C16H13Cl2NS2.C2H6/c17-13-3-6-15(18)12(10-13)9-11-1-4-14(5-2-11)21-16-19-7-8-20-16;1-2/h1-6,10H,7-9H2;1-2H3. The summed E-state index contributed by atoms with van der Waals surface area (Å²) in [5, 5.41) is 1.48. The lowest BCUT2D eigenvalue weighted by Gasteiger charge is -2.06. The Balaban J connectivity index is 0.000000924. The maximum Gasteiger partial charge on any atom is 0.129 e. The minimum atomic E-state index is 0.720. The molecule has 0 fully saturated rings. The van der Waals surface area contributed by atoms with E-state index in [2.05, 4.69) is 29.3 Å². The smallest absolute Gasteiger partial charge is 0.129 e. The Morgan fingerprint density at radius 3 is 2.48 bits per heavy atom. The van der Waals surface area contributed by atoms with Gasteiger partial charge in [0.2, 0.25) is 0 Å². The van der Waals surface area contributed by atoms with Gasteiger partial charge in [-0.25, -0.2) is 0 Å². The number of thioether (sulfide) groups is 2. The second kappa shape index (κ2) is 9.63. The Hall–Kier alpha value is -0.610. The summed E-state index contributed by atoms with van der Waals surface area (Å²) in [4.78, 5) is 5.68. The summed E-state index contributed by atoms with van der Waals surface area (Å²) in [6.07, 6.45) is 0.792. The highest BCUT2D eigenvalue weighted by atomic mass is 35.5. The summed E-state index contributed by atoms with van der Waals surface area (Å²) in [6, 6.07) is 14.1. The van der Waals surface area contributed by atoms with Crippen LogP contribution in [0.25, 0.3) is 0 Å². The van der Waals surface area contributed by atoms with Crippen molar-refractivity contribution in [3.63, 3.8) is 0 Å². The molecule has 0 aromatic heterocycles. The van der Waals surface area contributed by atoms with Crippen molar-refractivity contribution in [2.75, 3.05) is 12.3 Å². The van der Waals surface area contributed by atoms with Crippen molar-refractivity contribution in [2.45, 2.75) is 25.2 Å². The summed E-state index contributed by atoms with van der Waals surface area (Å²) >= 11 is 15.8. The summed E-state index contributed by atoms with van der Waals surface area (Å²) in [5.74, 6) is 1.10. The first-order valence-electron chi connectivity index (χ1n) is 7.59. The van der Waals surface area contributed by atoms with Crippen LogP contribution in [-0.2, 0) is 6.42 Å². The molecule has 0 saturated carbocycles. The van der Waals surface area contributed by atoms with Gasteiger partial charge in [0, 0.05) is 20.7 Å². The highest BCUT2D eigenvalue weighted by Gasteiger charge is 2.09. The molecule has 0 saturated heterocycles. The van der Waals surface area contributed by atoms with E-state index in [0.717, 1.165) is 34.3 Å². The normalized spacial score (nSPS) is 13.3. The number of rotatable bonds is 3. The maximum absolute atomic E-state index is 6.21. The Morgan fingerprint density at radius 1 is 1.09 bits per heavy atom. The number of aliphatic imine (C=N–C) groups is 1. The van der Waals surface area contributed by atoms with E-state index in [4.69, 9.17) is 23.2 Å². The van der Waals surface area contributed by atoms with E-state index in [-0.39, 0.29) is 0 Å². The van der Waals surface area contributed by atoms with Gasteiger partial charge >= 0.3 is 0 Å². The van der Waals surface area contributed by atoms with Crippen LogP contribution in [-0.4, -0.2) is 16.7 Å². The van der Waals surface area contributed by atoms with Gasteiger partial charge in [-0.1, -0.05) is 72.7 Å². The first-order chi connectivity index (χ1) is 11.2.